The third kappa shape index (κ3) is 5.20. The molecule has 0 saturated heterocycles. The zero-order valence-corrected chi connectivity index (χ0v) is 26.4. The van der Waals surface area contributed by atoms with Crippen LogP contribution >= 0.6 is 0 Å². The van der Waals surface area contributed by atoms with E-state index in [-0.39, 0.29) is 13.6 Å². The van der Waals surface area contributed by atoms with E-state index in [0.717, 1.165) is 75.2 Å². The minimum atomic E-state index is 0.00971. The lowest BCUT2D eigenvalue weighted by Crippen LogP contribution is -2.01. The SMILES string of the molecule is O=Cc1ccc(-c2cc(-c3c4c(cc5c3OCO5)OCO4)c(-c3ccc(C=O)cc3)c(-c3ccc(C=O)cc3)c2-c2ccc(C=O)cc2)cc1. The molecule has 0 unspecified atom stereocenters. The van der Waals surface area contributed by atoms with Crippen LogP contribution < -0.4 is 18.9 Å². The van der Waals surface area contributed by atoms with Crippen molar-refractivity contribution in [2.45, 2.75) is 0 Å². The van der Waals surface area contributed by atoms with Gasteiger partial charge in [-0.15, -0.1) is 0 Å². The molecule has 8 rings (SSSR count). The highest BCUT2D eigenvalue weighted by Gasteiger charge is 2.34. The summed E-state index contributed by atoms with van der Waals surface area (Å²) in [5.74, 6) is 2.00. The molecule has 0 aromatic heterocycles. The van der Waals surface area contributed by atoms with E-state index in [1.54, 1.807) is 54.6 Å². The van der Waals surface area contributed by atoms with Gasteiger partial charge in [-0.2, -0.15) is 0 Å². The fraction of sp³-hybridized carbons (Fsp3) is 0.0476. The third-order valence-corrected chi connectivity index (χ3v) is 8.96. The second kappa shape index (κ2) is 12.7. The van der Waals surface area contributed by atoms with Crippen LogP contribution in [0.4, 0.5) is 0 Å². The number of ether oxygens (including phenoxy) is 4. The maximum absolute atomic E-state index is 11.8. The van der Waals surface area contributed by atoms with Crippen LogP contribution in [0.25, 0.3) is 55.6 Å². The molecule has 0 saturated carbocycles. The number of fused-ring (bicyclic) bond motifs is 2. The minimum Gasteiger partial charge on any atom is -0.453 e. The van der Waals surface area contributed by atoms with Crippen molar-refractivity contribution in [2.24, 2.45) is 0 Å². The van der Waals surface area contributed by atoms with Crippen molar-refractivity contribution in [3.8, 4) is 78.6 Å². The lowest BCUT2D eigenvalue weighted by atomic mass is 9.78. The first-order chi connectivity index (χ1) is 24.6. The van der Waals surface area contributed by atoms with Crippen LogP contribution in [0.1, 0.15) is 41.4 Å². The van der Waals surface area contributed by atoms with E-state index < -0.39 is 0 Å². The lowest BCUT2D eigenvalue weighted by Gasteiger charge is -2.25. The Labute approximate surface area is 286 Å². The van der Waals surface area contributed by atoms with Gasteiger partial charge in [-0.3, -0.25) is 19.2 Å². The molecular weight excluding hydrogens is 632 g/mol. The Morgan fingerprint density at radius 1 is 0.360 bits per heavy atom. The fourth-order valence-electron chi connectivity index (χ4n) is 6.57. The van der Waals surface area contributed by atoms with Crippen molar-refractivity contribution in [1.29, 1.82) is 0 Å². The summed E-state index contributed by atoms with van der Waals surface area (Å²) in [6, 6.07) is 33.1. The average molecular weight is 659 g/mol. The monoisotopic (exact) mass is 658 g/mol. The summed E-state index contributed by atoms with van der Waals surface area (Å²) in [6.07, 6.45) is 3.18. The molecular formula is C42H26O8. The zero-order valence-electron chi connectivity index (χ0n) is 26.4. The van der Waals surface area contributed by atoms with E-state index in [9.17, 15) is 19.2 Å². The van der Waals surface area contributed by atoms with E-state index in [1.807, 2.05) is 48.5 Å². The third-order valence-electron chi connectivity index (χ3n) is 8.96. The van der Waals surface area contributed by atoms with E-state index in [1.165, 1.54) is 0 Å². The number of hydrogen-bond acceptors (Lipinski definition) is 8. The molecule has 0 atom stereocenters. The molecule has 8 nitrogen and oxygen atoms in total. The summed E-state index contributed by atoms with van der Waals surface area (Å²) in [7, 11) is 0. The number of hydrogen-bond donors (Lipinski definition) is 0. The summed E-state index contributed by atoms with van der Waals surface area (Å²) in [6.45, 7) is 0.0194. The summed E-state index contributed by atoms with van der Waals surface area (Å²) in [5, 5.41) is 0. The molecule has 0 N–H and O–H groups in total. The van der Waals surface area contributed by atoms with Crippen molar-refractivity contribution in [3.63, 3.8) is 0 Å². The standard InChI is InChI=1S/C42H26O8/c43-19-25-1-9-29(10-2-25)33-17-34(40-41-35(47-23-49-41)18-36-42(40)50-24-48-36)38(31-13-5-27(21-45)6-14-31)39(32-15-7-28(22-46)8-16-32)37(33)30-11-3-26(20-44)4-12-30/h1-22H,23-24H2. The number of carbonyl (C=O) groups is 4. The number of carbonyl (C=O) groups excluding carboxylic acids is 4. The van der Waals surface area contributed by atoms with E-state index in [2.05, 4.69) is 6.07 Å². The first-order valence-corrected chi connectivity index (χ1v) is 15.8. The van der Waals surface area contributed by atoms with E-state index in [4.69, 9.17) is 18.9 Å². The van der Waals surface area contributed by atoms with Crippen LogP contribution in [-0.4, -0.2) is 38.7 Å². The maximum atomic E-state index is 11.8. The van der Waals surface area contributed by atoms with Gasteiger partial charge in [-0.05, 0) is 56.1 Å². The summed E-state index contributed by atoms with van der Waals surface area (Å²) >= 11 is 0. The van der Waals surface area contributed by atoms with Crippen molar-refractivity contribution in [3.05, 3.63) is 131 Å². The van der Waals surface area contributed by atoms with Gasteiger partial charge in [0.15, 0.2) is 23.0 Å². The fourth-order valence-corrected chi connectivity index (χ4v) is 6.57. The first-order valence-electron chi connectivity index (χ1n) is 15.8. The first kappa shape index (κ1) is 30.5. The molecule has 2 aliphatic rings. The van der Waals surface area contributed by atoms with E-state index in [0.29, 0.717) is 50.8 Å². The molecule has 6 aromatic carbocycles. The molecule has 0 radical (unpaired) electrons. The molecule has 2 heterocycles. The molecule has 0 aliphatic carbocycles. The highest BCUT2D eigenvalue weighted by molar-refractivity contribution is 6.09. The predicted octanol–water partition coefficient (Wildman–Crippen LogP) is 8.73. The molecule has 0 spiro atoms. The highest BCUT2D eigenvalue weighted by Crippen LogP contribution is 2.58. The Hall–Kier alpha value is -6.80. The van der Waals surface area contributed by atoms with Crippen molar-refractivity contribution >= 4 is 25.1 Å². The van der Waals surface area contributed by atoms with Gasteiger partial charge in [0.2, 0.25) is 13.6 Å². The Balaban J connectivity index is 1.58. The Kier molecular flexibility index (Phi) is 7.73. The average Bonchev–Trinajstić information content (AvgIpc) is 3.86. The second-order valence-electron chi connectivity index (χ2n) is 11.8. The van der Waals surface area contributed by atoms with Crippen LogP contribution in [0.15, 0.2) is 109 Å². The van der Waals surface area contributed by atoms with Crippen molar-refractivity contribution < 1.29 is 38.1 Å². The van der Waals surface area contributed by atoms with Gasteiger partial charge in [0.1, 0.15) is 25.1 Å². The van der Waals surface area contributed by atoms with Crippen LogP contribution in [0, 0.1) is 0 Å². The van der Waals surface area contributed by atoms with Crippen molar-refractivity contribution in [1.82, 2.24) is 0 Å². The minimum absolute atomic E-state index is 0.00971. The van der Waals surface area contributed by atoms with Gasteiger partial charge < -0.3 is 18.9 Å². The molecule has 0 amide bonds. The van der Waals surface area contributed by atoms with Gasteiger partial charge >= 0.3 is 0 Å². The molecule has 0 fully saturated rings. The van der Waals surface area contributed by atoms with Crippen molar-refractivity contribution in [2.75, 3.05) is 13.6 Å². The summed E-state index contributed by atoms with van der Waals surface area (Å²) in [4.78, 5) is 46.9. The van der Waals surface area contributed by atoms with Gasteiger partial charge in [0, 0.05) is 28.3 Å². The maximum Gasteiger partial charge on any atom is 0.231 e. The lowest BCUT2D eigenvalue weighted by molar-refractivity contribution is 0.111. The summed E-state index contributed by atoms with van der Waals surface area (Å²) < 4.78 is 24.0. The highest BCUT2D eigenvalue weighted by atomic mass is 16.7. The quantitative estimate of drug-likeness (QED) is 0.142. The smallest absolute Gasteiger partial charge is 0.231 e. The van der Waals surface area contributed by atoms with Crippen LogP contribution in [0.5, 0.6) is 23.0 Å². The predicted molar refractivity (Wildman–Crippen MR) is 187 cm³/mol. The van der Waals surface area contributed by atoms with E-state index >= 15 is 0 Å². The Morgan fingerprint density at radius 2 is 0.720 bits per heavy atom. The number of benzene rings is 6. The number of rotatable bonds is 9. The van der Waals surface area contributed by atoms with Gasteiger partial charge in [0.25, 0.3) is 0 Å². The molecule has 2 aliphatic heterocycles. The second-order valence-corrected chi connectivity index (χ2v) is 11.8. The molecule has 6 aromatic rings. The molecule has 242 valence electrons. The topological polar surface area (TPSA) is 105 Å². The van der Waals surface area contributed by atoms with Gasteiger partial charge in [-0.1, -0.05) is 97.1 Å². The largest absolute Gasteiger partial charge is 0.453 e. The van der Waals surface area contributed by atoms with Gasteiger partial charge in [0.05, 0.1) is 5.56 Å². The van der Waals surface area contributed by atoms with Crippen LogP contribution in [0.3, 0.4) is 0 Å². The summed E-state index contributed by atoms with van der Waals surface area (Å²) in [5.41, 5.74) is 9.87. The molecule has 8 heteroatoms. The Morgan fingerprint density at radius 3 is 1.12 bits per heavy atom. The zero-order chi connectivity index (χ0) is 34.2. The van der Waals surface area contributed by atoms with Gasteiger partial charge in [-0.25, -0.2) is 0 Å². The normalized spacial score (nSPS) is 12.4. The molecule has 0 bridgehead atoms. The number of aldehydes is 4. The van der Waals surface area contributed by atoms with Crippen LogP contribution in [-0.2, 0) is 0 Å². The van der Waals surface area contributed by atoms with Crippen LogP contribution in [0.2, 0.25) is 0 Å². The molecule has 50 heavy (non-hydrogen) atoms. The Bertz CT molecular complexity index is 2270.